The highest BCUT2D eigenvalue weighted by atomic mass is 32.2. The van der Waals surface area contributed by atoms with Crippen molar-refractivity contribution in [2.24, 2.45) is 10.2 Å². The largest absolute Gasteiger partial charge is 0.493 e. The molecular formula is C16H16N6O4S. The fourth-order valence-corrected chi connectivity index (χ4v) is 2.88. The number of ether oxygens (including phenoxy) is 2. The SMILES string of the molecule is [N-]=[N+]=Nc1ccc(OCCS(=O)(=O)CCOc2ccc(N=[N+]=[N-])cc2)cc1. The van der Waals surface area contributed by atoms with Gasteiger partial charge in [0.2, 0.25) is 0 Å². The second-order valence-electron chi connectivity index (χ2n) is 5.22. The molecule has 0 aliphatic carbocycles. The van der Waals surface area contributed by atoms with Crippen LogP contribution in [0.4, 0.5) is 11.4 Å². The highest BCUT2D eigenvalue weighted by molar-refractivity contribution is 7.91. The summed E-state index contributed by atoms with van der Waals surface area (Å²) in [5.74, 6) is 0.672. The Hall–Kier alpha value is -3.39. The molecule has 0 amide bonds. The molecule has 10 nitrogen and oxygen atoms in total. The van der Waals surface area contributed by atoms with Gasteiger partial charge in [-0.1, -0.05) is 10.2 Å². The molecule has 0 fully saturated rings. The molecule has 0 N–H and O–H groups in total. The second kappa shape index (κ2) is 9.93. The molecule has 0 aliphatic heterocycles. The van der Waals surface area contributed by atoms with E-state index in [1.165, 1.54) is 0 Å². The van der Waals surface area contributed by atoms with Crippen molar-refractivity contribution in [1.29, 1.82) is 0 Å². The van der Waals surface area contributed by atoms with Crippen LogP contribution in [0.3, 0.4) is 0 Å². The number of benzene rings is 2. The van der Waals surface area contributed by atoms with Crippen LogP contribution in [-0.2, 0) is 9.84 Å². The van der Waals surface area contributed by atoms with Crippen LogP contribution >= 0.6 is 0 Å². The van der Waals surface area contributed by atoms with Crippen LogP contribution < -0.4 is 9.47 Å². The van der Waals surface area contributed by atoms with Crippen LogP contribution in [0.1, 0.15) is 0 Å². The van der Waals surface area contributed by atoms with Crippen molar-refractivity contribution in [3.05, 3.63) is 69.4 Å². The fraction of sp³-hybridized carbons (Fsp3) is 0.250. The molecule has 140 valence electrons. The molecule has 2 rings (SSSR count). The highest BCUT2D eigenvalue weighted by Crippen LogP contribution is 2.19. The Labute approximate surface area is 155 Å². The first kappa shape index (κ1) is 19.9. The fourth-order valence-electron chi connectivity index (χ4n) is 2.00. The summed E-state index contributed by atoms with van der Waals surface area (Å²) >= 11 is 0. The summed E-state index contributed by atoms with van der Waals surface area (Å²) in [5, 5.41) is 6.87. The maximum absolute atomic E-state index is 12.0. The van der Waals surface area contributed by atoms with Gasteiger partial charge in [-0.3, -0.25) is 0 Å². The predicted octanol–water partition coefficient (Wildman–Crippen LogP) is 4.44. The van der Waals surface area contributed by atoms with Crippen LogP contribution in [0.5, 0.6) is 11.5 Å². The standard InChI is InChI=1S/C16H16N6O4S/c17-21-19-13-1-5-15(6-2-13)25-9-11-27(23,24)12-10-26-16-7-3-14(4-8-16)20-22-18/h1-8H,9-12H2. The monoisotopic (exact) mass is 388 g/mol. The summed E-state index contributed by atoms with van der Waals surface area (Å²) in [4.78, 5) is 5.33. The molecule has 0 atom stereocenters. The summed E-state index contributed by atoms with van der Waals surface area (Å²) in [7, 11) is -3.34. The summed E-state index contributed by atoms with van der Waals surface area (Å²) in [6, 6.07) is 12.7. The summed E-state index contributed by atoms with van der Waals surface area (Å²) in [6.45, 7) is 0.00805. The highest BCUT2D eigenvalue weighted by Gasteiger charge is 2.11. The van der Waals surface area contributed by atoms with Gasteiger partial charge in [0, 0.05) is 21.2 Å². The quantitative estimate of drug-likeness (QED) is 0.335. The Bertz CT molecular complexity index is 874. The minimum atomic E-state index is -3.34. The molecule has 2 aromatic rings. The van der Waals surface area contributed by atoms with E-state index >= 15 is 0 Å². The zero-order chi connectivity index (χ0) is 19.5. The van der Waals surface area contributed by atoms with Crippen molar-refractivity contribution < 1.29 is 17.9 Å². The van der Waals surface area contributed by atoms with Crippen molar-refractivity contribution in [3.8, 4) is 11.5 Å². The minimum Gasteiger partial charge on any atom is -0.493 e. The number of sulfone groups is 1. The minimum absolute atomic E-state index is 0.00403. The Balaban J connectivity index is 1.74. The van der Waals surface area contributed by atoms with Gasteiger partial charge in [0.1, 0.15) is 24.7 Å². The van der Waals surface area contributed by atoms with Gasteiger partial charge in [0.15, 0.2) is 9.84 Å². The summed E-state index contributed by atoms with van der Waals surface area (Å²) in [5.41, 5.74) is 17.6. The Kier molecular flexibility index (Phi) is 7.33. The van der Waals surface area contributed by atoms with E-state index in [2.05, 4.69) is 20.1 Å². The number of hydrogen-bond donors (Lipinski definition) is 0. The van der Waals surface area contributed by atoms with E-state index in [0.29, 0.717) is 22.9 Å². The smallest absolute Gasteiger partial charge is 0.156 e. The molecule has 0 saturated heterocycles. The Morgan fingerprint density at radius 3 is 1.44 bits per heavy atom. The van der Waals surface area contributed by atoms with E-state index in [1.807, 2.05) is 0 Å². The normalized spacial score (nSPS) is 10.4. The lowest BCUT2D eigenvalue weighted by molar-refractivity contribution is 0.333. The maximum Gasteiger partial charge on any atom is 0.156 e. The van der Waals surface area contributed by atoms with E-state index in [-0.39, 0.29) is 24.7 Å². The second-order valence-corrected chi connectivity index (χ2v) is 7.52. The average molecular weight is 388 g/mol. The van der Waals surface area contributed by atoms with E-state index in [4.69, 9.17) is 20.5 Å². The van der Waals surface area contributed by atoms with Gasteiger partial charge < -0.3 is 9.47 Å². The van der Waals surface area contributed by atoms with Gasteiger partial charge in [-0.15, -0.1) is 0 Å². The zero-order valence-electron chi connectivity index (χ0n) is 14.2. The number of hydrogen-bond acceptors (Lipinski definition) is 6. The van der Waals surface area contributed by atoms with Gasteiger partial charge in [-0.05, 0) is 59.6 Å². The zero-order valence-corrected chi connectivity index (χ0v) is 15.0. The van der Waals surface area contributed by atoms with E-state index in [9.17, 15) is 8.42 Å². The molecule has 0 aromatic heterocycles. The van der Waals surface area contributed by atoms with Crippen molar-refractivity contribution >= 4 is 21.2 Å². The molecule has 27 heavy (non-hydrogen) atoms. The summed E-state index contributed by atoms with van der Waals surface area (Å²) in [6.07, 6.45) is 0. The van der Waals surface area contributed by atoms with Gasteiger partial charge in [-0.25, -0.2) is 8.42 Å². The van der Waals surface area contributed by atoms with Crippen molar-refractivity contribution in [3.63, 3.8) is 0 Å². The van der Waals surface area contributed by atoms with Crippen LogP contribution in [0.15, 0.2) is 58.8 Å². The van der Waals surface area contributed by atoms with Crippen LogP contribution in [0, 0.1) is 0 Å². The molecule has 2 aromatic carbocycles. The molecular weight excluding hydrogens is 372 g/mol. The van der Waals surface area contributed by atoms with Crippen LogP contribution in [0.2, 0.25) is 0 Å². The molecule has 0 radical (unpaired) electrons. The molecule has 0 unspecified atom stereocenters. The average Bonchev–Trinajstić information content (AvgIpc) is 2.65. The topological polar surface area (TPSA) is 150 Å². The lowest BCUT2D eigenvalue weighted by Crippen LogP contribution is -2.21. The predicted molar refractivity (Wildman–Crippen MR) is 100 cm³/mol. The number of nitrogens with zero attached hydrogens (tertiary/aromatic N) is 6. The molecule has 11 heteroatoms. The van der Waals surface area contributed by atoms with Crippen molar-refractivity contribution in [2.75, 3.05) is 24.7 Å². The van der Waals surface area contributed by atoms with Gasteiger partial charge in [-0.2, -0.15) is 0 Å². The maximum atomic E-state index is 12.0. The van der Waals surface area contributed by atoms with Crippen LogP contribution in [-0.4, -0.2) is 33.1 Å². The van der Waals surface area contributed by atoms with E-state index in [0.717, 1.165) is 0 Å². The lowest BCUT2D eigenvalue weighted by atomic mass is 10.3. The first-order chi connectivity index (χ1) is 13.0. The lowest BCUT2D eigenvalue weighted by Gasteiger charge is -2.09. The molecule has 0 aliphatic rings. The molecule has 0 saturated carbocycles. The van der Waals surface area contributed by atoms with Crippen LogP contribution in [0.25, 0.3) is 20.9 Å². The molecule has 0 heterocycles. The van der Waals surface area contributed by atoms with Gasteiger partial charge in [0.05, 0.1) is 11.5 Å². The van der Waals surface area contributed by atoms with Crippen molar-refractivity contribution in [1.82, 2.24) is 0 Å². The van der Waals surface area contributed by atoms with E-state index in [1.54, 1.807) is 48.5 Å². The third-order valence-electron chi connectivity index (χ3n) is 3.32. The Morgan fingerprint density at radius 2 is 1.11 bits per heavy atom. The molecule has 0 bridgehead atoms. The first-order valence-electron chi connectivity index (χ1n) is 7.79. The first-order valence-corrected chi connectivity index (χ1v) is 9.61. The Morgan fingerprint density at radius 1 is 0.741 bits per heavy atom. The number of rotatable bonds is 10. The third-order valence-corrected chi connectivity index (χ3v) is 4.90. The third kappa shape index (κ3) is 7.17. The van der Waals surface area contributed by atoms with E-state index < -0.39 is 9.84 Å². The summed E-state index contributed by atoms with van der Waals surface area (Å²) < 4.78 is 34.8. The molecule has 0 spiro atoms. The van der Waals surface area contributed by atoms with Crippen molar-refractivity contribution in [2.45, 2.75) is 0 Å². The number of azide groups is 2. The van der Waals surface area contributed by atoms with Gasteiger partial charge in [0.25, 0.3) is 0 Å². The van der Waals surface area contributed by atoms with Gasteiger partial charge >= 0.3 is 0 Å².